The summed E-state index contributed by atoms with van der Waals surface area (Å²) in [6.45, 7) is -1.77. The Morgan fingerprint density at radius 2 is 2.19 bits per heavy atom. The molecule has 2 N–H and O–H groups in total. The van der Waals surface area contributed by atoms with E-state index in [9.17, 15) is 8.78 Å². The number of rotatable bonds is 5. The van der Waals surface area contributed by atoms with Gasteiger partial charge in [-0.15, -0.1) is 35.3 Å². The number of aliphatic imine (C=N–C) groups is 1. The first-order valence-corrected chi connectivity index (χ1v) is 6.85. The summed E-state index contributed by atoms with van der Waals surface area (Å²) < 4.78 is 26.1. The quantitative estimate of drug-likeness (QED) is 0.439. The molecule has 0 aliphatic rings. The van der Waals surface area contributed by atoms with Crippen molar-refractivity contribution in [2.75, 3.05) is 7.05 Å². The minimum absolute atomic E-state index is 0. The average Bonchev–Trinajstić information content (AvgIpc) is 3.09. The Hall–Kier alpha value is -1.23. The fourth-order valence-electron chi connectivity index (χ4n) is 1.63. The lowest BCUT2D eigenvalue weighted by molar-refractivity contribution is 0.0668. The van der Waals surface area contributed by atoms with Crippen LogP contribution in [0.5, 0.6) is 0 Å². The van der Waals surface area contributed by atoms with Crippen LogP contribution in [0.3, 0.4) is 0 Å². The Morgan fingerprint density at radius 1 is 1.43 bits per heavy atom. The van der Waals surface area contributed by atoms with Gasteiger partial charge in [0.25, 0.3) is 0 Å². The number of aromatic nitrogens is 2. The summed E-state index contributed by atoms with van der Waals surface area (Å²) in [7, 11) is 1.63. The van der Waals surface area contributed by atoms with E-state index >= 15 is 0 Å². The number of hydrogen-bond donors (Lipinski definition) is 2. The molecular weight excluding hydrogens is 411 g/mol. The van der Waals surface area contributed by atoms with E-state index in [1.165, 1.54) is 17.3 Å². The Morgan fingerprint density at radius 3 is 2.81 bits per heavy atom. The maximum absolute atomic E-state index is 12.7. The number of alkyl halides is 2. The molecule has 0 radical (unpaired) electrons. The zero-order valence-corrected chi connectivity index (χ0v) is 14.4. The highest BCUT2D eigenvalue weighted by Crippen LogP contribution is 2.12. The molecule has 0 atom stereocenters. The van der Waals surface area contributed by atoms with Gasteiger partial charge in [-0.1, -0.05) is 6.07 Å². The van der Waals surface area contributed by atoms with Gasteiger partial charge in [0.1, 0.15) is 5.82 Å². The van der Waals surface area contributed by atoms with Gasteiger partial charge >= 0.3 is 6.55 Å². The van der Waals surface area contributed by atoms with Crippen LogP contribution in [0.25, 0.3) is 0 Å². The van der Waals surface area contributed by atoms with Gasteiger partial charge in [0.2, 0.25) is 0 Å². The van der Waals surface area contributed by atoms with E-state index in [1.54, 1.807) is 18.4 Å². The lowest BCUT2D eigenvalue weighted by Gasteiger charge is -2.12. The van der Waals surface area contributed by atoms with E-state index in [0.717, 1.165) is 4.57 Å². The van der Waals surface area contributed by atoms with Crippen molar-refractivity contribution in [1.82, 2.24) is 20.2 Å². The third kappa shape index (κ3) is 5.23. The molecule has 0 saturated heterocycles. The van der Waals surface area contributed by atoms with E-state index in [-0.39, 0.29) is 36.3 Å². The smallest absolute Gasteiger partial charge is 0.319 e. The summed E-state index contributed by atoms with van der Waals surface area (Å²) in [4.78, 5) is 9.10. The van der Waals surface area contributed by atoms with Crippen LogP contribution >= 0.6 is 35.3 Å². The minimum atomic E-state index is -2.59. The highest BCUT2D eigenvalue weighted by molar-refractivity contribution is 14.0. The second-order valence-electron chi connectivity index (χ2n) is 3.89. The number of imidazole rings is 1. The molecule has 0 amide bonds. The fraction of sp³-hybridized carbons (Fsp3) is 0.333. The molecule has 0 saturated carbocycles. The van der Waals surface area contributed by atoms with Crippen molar-refractivity contribution < 1.29 is 8.78 Å². The highest BCUT2D eigenvalue weighted by Gasteiger charge is 2.11. The molecule has 0 aliphatic heterocycles. The minimum Gasteiger partial charge on any atom is -0.352 e. The first-order valence-electron chi connectivity index (χ1n) is 5.97. The zero-order valence-electron chi connectivity index (χ0n) is 11.3. The lowest BCUT2D eigenvalue weighted by atomic mass is 10.4. The second-order valence-corrected chi connectivity index (χ2v) is 4.92. The molecule has 0 unspecified atom stereocenters. The summed E-state index contributed by atoms with van der Waals surface area (Å²) in [6.07, 6.45) is 2.61. The topological polar surface area (TPSA) is 54.2 Å². The number of hydrogen-bond acceptors (Lipinski definition) is 3. The van der Waals surface area contributed by atoms with Crippen LogP contribution in [0.2, 0.25) is 0 Å². The van der Waals surface area contributed by atoms with Crippen molar-refractivity contribution in [3.63, 3.8) is 0 Å². The van der Waals surface area contributed by atoms with Crippen LogP contribution in [0, 0.1) is 0 Å². The second kappa shape index (κ2) is 8.93. The Kier molecular flexibility index (Phi) is 7.57. The number of thiophene rings is 1. The largest absolute Gasteiger partial charge is 0.352 e. The van der Waals surface area contributed by atoms with Gasteiger partial charge in [0.15, 0.2) is 5.96 Å². The predicted octanol–water partition coefficient (Wildman–Crippen LogP) is 2.82. The van der Waals surface area contributed by atoms with Gasteiger partial charge in [-0.25, -0.2) is 4.98 Å². The van der Waals surface area contributed by atoms with Crippen LogP contribution in [0.4, 0.5) is 8.78 Å². The van der Waals surface area contributed by atoms with E-state index in [1.807, 2.05) is 17.5 Å². The van der Waals surface area contributed by atoms with E-state index in [0.29, 0.717) is 12.5 Å². The van der Waals surface area contributed by atoms with E-state index in [4.69, 9.17) is 0 Å². The van der Waals surface area contributed by atoms with Crippen molar-refractivity contribution in [2.45, 2.75) is 19.6 Å². The third-order valence-corrected chi connectivity index (χ3v) is 3.48. The van der Waals surface area contributed by atoms with Crippen LogP contribution in [-0.2, 0) is 13.1 Å². The van der Waals surface area contributed by atoms with Crippen molar-refractivity contribution in [1.29, 1.82) is 0 Å². The Bertz CT molecular complexity index is 556. The molecule has 2 heterocycles. The molecule has 0 spiro atoms. The first kappa shape index (κ1) is 17.8. The fourth-order valence-corrected chi connectivity index (χ4v) is 2.27. The summed E-state index contributed by atoms with van der Waals surface area (Å²) in [5.74, 6) is 0.807. The lowest BCUT2D eigenvalue weighted by Crippen LogP contribution is -2.36. The van der Waals surface area contributed by atoms with Crippen molar-refractivity contribution in [2.24, 2.45) is 4.99 Å². The number of guanidine groups is 1. The van der Waals surface area contributed by atoms with E-state index in [2.05, 4.69) is 20.6 Å². The maximum atomic E-state index is 12.7. The maximum Gasteiger partial charge on any atom is 0.319 e. The first-order chi connectivity index (χ1) is 9.70. The van der Waals surface area contributed by atoms with Crippen LogP contribution in [0.15, 0.2) is 34.9 Å². The molecule has 0 aliphatic carbocycles. The number of halogens is 3. The summed E-state index contributed by atoms with van der Waals surface area (Å²) in [5.41, 5.74) is 0. The molecule has 2 aromatic rings. The average molecular weight is 427 g/mol. The van der Waals surface area contributed by atoms with E-state index < -0.39 is 6.55 Å². The normalized spacial score (nSPS) is 11.3. The van der Waals surface area contributed by atoms with Gasteiger partial charge in [-0.2, -0.15) is 8.78 Å². The van der Waals surface area contributed by atoms with Gasteiger partial charge in [0.05, 0.1) is 13.1 Å². The Balaban J connectivity index is 0.00000220. The molecule has 9 heteroatoms. The standard InChI is InChI=1S/C12H15F2N5S.HI/c1-15-12(17-7-9-3-2-6-20-9)18-8-10-16-4-5-19(10)11(13)14;/h2-6,11H,7-8H2,1H3,(H2,15,17,18);1H. The number of nitrogens with zero attached hydrogens (tertiary/aromatic N) is 3. The SMILES string of the molecule is CN=C(NCc1cccs1)NCc1nccn1C(F)F.I. The molecule has 2 aromatic heterocycles. The molecule has 21 heavy (non-hydrogen) atoms. The van der Waals surface area contributed by atoms with Gasteiger partial charge in [-0.05, 0) is 11.4 Å². The zero-order chi connectivity index (χ0) is 14.4. The van der Waals surface area contributed by atoms with Crippen LogP contribution < -0.4 is 10.6 Å². The summed E-state index contributed by atoms with van der Waals surface area (Å²) >= 11 is 1.64. The predicted molar refractivity (Wildman–Crippen MR) is 90.3 cm³/mol. The van der Waals surface area contributed by atoms with Crippen molar-refractivity contribution >= 4 is 41.3 Å². The molecule has 0 bridgehead atoms. The molecular formula is C12H16F2IN5S. The van der Waals surface area contributed by atoms with Crippen molar-refractivity contribution in [3.05, 3.63) is 40.6 Å². The molecule has 5 nitrogen and oxygen atoms in total. The summed E-state index contributed by atoms with van der Waals surface area (Å²) in [6, 6.07) is 3.98. The summed E-state index contributed by atoms with van der Waals surface area (Å²) in [5, 5.41) is 8.06. The third-order valence-electron chi connectivity index (χ3n) is 2.61. The van der Waals surface area contributed by atoms with Gasteiger partial charge < -0.3 is 10.6 Å². The molecule has 0 fully saturated rings. The monoisotopic (exact) mass is 427 g/mol. The molecule has 116 valence electrons. The molecule has 2 rings (SSSR count). The molecule has 0 aromatic carbocycles. The highest BCUT2D eigenvalue weighted by atomic mass is 127. The Labute approximate surface area is 142 Å². The van der Waals surface area contributed by atoms with Gasteiger partial charge in [-0.3, -0.25) is 9.56 Å². The van der Waals surface area contributed by atoms with Crippen LogP contribution in [0.1, 0.15) is 17.3 Å². The van der Waals surface area contributed by atoms with Crippen LogP contribution in [-0.4, -0.2) is 22.6 Å². The van der Waals surface area contributed by atoms with Gasteiger partial charge in [0, 0.05) is 24.3 Å². The number of nitrogens with one attached hydrogen (secondary N) is 2. The van der Waals surface area contributed by atoms with Crippen molar-refractivity contribution in [3.8, 4) is 0 Å².